The number of nitrogen functional groups attached to an aromatic ring is 1. The number of hydrogen-bond donors (Lipinski definition) is 3. The number of pyridine rings is 1. The van der Waals surface area contributed by atoms with Crippen molar-refractivity contribution < 1.29 is 4.79 Å². The van der Waals surface area contributed by atoms with E-state index in [4.69, 9.17) is 17.4 Å². The number of benzene rings is 1. The smallest absolute Gasteiger partial charge is 0.275 e. The highest BCUT2D eigenvalue weighted by atomic mass is 79.9. The van der Waals surface area contributed by atoms with Crippen LogP contribution in [0.1, 0.15) is 10.5 Å². The van der Waals surface area contributed by atoms with E-state index in [-0.39, 0.29) is 10.7 Å². The second kappa shape index (κ2) is 6.53. The van der Waals surface area contributed by atoms with Gasteiger partial charge in [-0.25, -0.2) is 10.8 Å². The molecule has 1 amide bonds. The molecule has 0 atom stereocenters. The lowest BCUT2D eigenvalue weighted by atomic mass is 10.3. The summed E-state index contributed by atoms with van der Waals surface area (Å²) in [7, 11) is 0. The highest BCUT2D eigenvalue weighted by Gasteiger charge is 2.14. The fourth-order valence-electron chi connectivity index (χ4n) is 1.45. The third kappa shape index (κ3) is 3.49. The van der Waals surface area contributed by atoms with Crippen LogP contribution in [0.15, 0.2) is 39.3 Å². The number of rotatable bonds is 3. The first-order valence-corrected chi connectivity index (χ1v) is 7.37. The third-order valence-corrected chi connectivity index (χ3v) is 3.84. The maximum atomic E-state index is 12.2. The number of nitrogens with zero attached hydrogens (tertiary/aromatic N) is 1. The largest absolute Gasteiger partial charge is 0.320 e. The van der Waals surface area contributed by atoms with Gasteiger partial charge in [-0.15, -0.1) is 0 Å². The molecule has 0 aliphatic rings. The molecule has 104 valence electrons. The molecule has 4 N–H and O–H groups in total. The van der Waals surface area contributed by atoms with Gasteiger partial charge in [0.2, 0.25) is 0 Å². The number of carbonyl (C=O) groups is 1. The van der Waals surface area contributed by atoms with Crippen molar-refractivity contribution in [3.63, 3.8) is 0 Å². The predicted octanol–water partition coefficient (Wildman–Crippen LogP) is 3.80. The number of nitrogens with one attached hydrogen (secondary N) is 2. The summed E-state index contributed by atoms with van der Waals surface area (Å²) < 4.78 is 1.64. The van der Waals surface area contributed by atoms with Gasteiger partial charge in [0.25, 0.3) is 5.91 Å². The van der Waals surface area contributed by atoms with Crippen molar-refractivity contribution in [2.24, 2.45) is 5.84 Å². The summed E-state index contributed by atoms with van der Waals surface area (Å²) in [5.74, 6) is 5.20. The molecule has 0 bridgehead atoms. The molecule has 0 saturated heterocycles. The summed E-state index contributed by atoms with van der Waals surface area (Å²) in [6.45, 7) is 0. The molecule has 1 aromatic heterocycles. The monoisotopic (exact) mass is 418 g/mol. The van der Waals surface area contributed by atoms with Crippen molar-refractivity contribution in [2.75, 3.05) is 10.7 Å². The van der Waals surface area contributed by atoms with Gasteiger partial charge in [0.1, 0.15) is 11.5 Å². The van der Waals surface area contributed by atoms with Gasteiger partial charge >= 0.3 is 0 Å². The van der Waals surface area contributed by atoms with Crippen molar-refractivity contribution >= 4 is 60.9 Å². The number of hydrazine groups is 1. The van der Waals surface area contributed by atoms with E-state index in [9.17, 15) is 4.79 Å². The van der Waals surface area contributed by atoms with Crippen LogP contribution in [0.5, 0.6) is 0 Å². The van der Waals surface area contributed by atoms with Crippen LogP contribution in [0.25, 0.3) is 0 Å². The number of halogens is 3. The SMILES string of the molecule is NNc1ccc(Cl)c(C(=O)Nc2ccc(Br)cc2Br)n1. The lowest BCUT2D eigenvalue weighted by Crippen LogP contribution is -2.17. The average molecular weight is 420 g/mol. The fourth-order valence-corrected chi connectivity index (χ4v) is 2.79. The Morgan fingerprint density at radius 2 is 2.00 bits per heavy atom. The van der Waals surface area contributed by atoms with Gasteiger partial charge in [0, 0.05) is 8.95 Å². The molecule has 20 heavy (non-hydrogen) atoms. The molecule has 0 radical (unpaired) electrons. The van der Waals surface area contributed by atoms with Crippen LogP contribution in [0.4, 0.5) is 11.5 Å². The molecule has 0 saturated carbocycles. The number of anilines is 2. The van der Waals surface area contributed by atoms with E-state index < -0.39 is 5.91 Å². The molecule has 8 heteroatoms. The highest BCUT2D eigenvalue weighted by molar-refractivity contribution is 9.11. The van der Waals surface area contributed by atoms with E-state index in [0.29, 0.717) is 11.5 Å². The van der Waals surface area contributed by atoms with Crippen molar-refractivity contribution in [1.82, 2.24) is 4.98 Å². The maximum absolute atomic E-state index is 12.2. The summed E-state index contributed by atoms with van der Waals surface area (Å²) in [6.07, 6.45) is 0. The van der Waals surface area contributed by atoms with E-state index in [1.165, 1.54) is 0 Å². The Kier molecular flexibility index (Phi) is 4.98. The molecule has 1 heterocycles. The van der Waals surface area contributed by atoms with Crippen LogP contribution < -0.4 is 16.6 Å². The second-order valence-electron chi connectivity index (χ2n) is 3.75. The zero-order chi connectivity index (χ0) is 14.7. The minimum absolute atomic E-state index is 0.0944. The number of carbonyl (C=O) groups excluding carboxylic acids is 1. The van der Waals surface area contributed by atoms with Gasteiger partial charge in [0.05, 0.1) is 10.7 Å². The lowest BCUT2D eigenvalue weighted by molar-refractivity contribution is 0.102. The molecular weight excluding hydrogens is 411 g/mol. The quantitative estimate of drug-likeness (QED) is 0.521. The molecule has 5 nitrogen and oxygen atoms in total. The summed E-state index contributed by atoms with van der Waals surface area (Å²) in [4.78, 5) is 16.2. The Balaban J connectivity index is 2.28. The zero-order valence-electron chi connectivity index (χ0n) is 9.95. The Hall–Kier alpha value is -1.15. The van der Waals surface area contributed by atoms with Gasteiger partial charge in [-0.1, -0.05) is 27.5 Å². The van der Waals surface area contributed by atoms with Gasteiger partial charge in [-0.05, 0) is 46.3 Å². The van der Waals surface area contributed by atoms with E-state index in [1.54, 1.807) is 18.2 Å². The molecule has 2 rings (SSSR count). The summed E-state index contributed by atoms with van der Waals surface area (Å²) in [6, 6.07) is 8.52. The van der Waals surface area contributed by atoms with Gasteiger partial charge in [-0.3, -0.25) is 4.79 Å². The van der Waals surface area contributed by atoms with Crippen LogP contribution in [-0.4, -0.2) is 10.9 Å². The van der Waals surface area contributed by atoms with E-state index in [1.807, 2.05) is 12.1 Å². The molecule has 0 aliphatic carbocycles. The van der Waals surface area contributed by atoms with E-state index >= 15 is 0 Å². The van der Waals surface area contributed by atoms with Gasteiger partial charge in [-0.2, -0.15) is 0 Å². The van der Waals surface area contributed by atoms with E-state index in [0.717, 1.165) is 8.95 Å². The number of nitrogens with two attached hydrogens (primary N) is 1. The zero-order valence-corrected chi connectivity index (χ0v) is 13.9. The molecular formula is C12H9Br2ClN4O. The maximum Gasteiger partial charge on any atom is 0.275 e. The Morgan fingerprint density at radius 1 is 1.25 bits per heavy atom. The number of hydrogen-bond acceptors (Lipinski definition) is 4. The standard InChI is InChI=1S/C12H9Br2ClN4O/c13-6-1-3-9(7(14)5-6)17-12(20)11-8(15)2-4-10(18-11)19-16/h1-5H,16H2,(H,17,20)(H,18,19). The van der Waals surface area contributed by atoms with E-state index in [2.05, 4.69) is 47.6 Å². The normalized spacial score (nSPS) is 10.2. The topological polar surface area (TPSA) is 80.0 Å². The molecule has 0 aliphatic heterocycles. The Bertz CT molecular complexity index is 666. The van der Waals surface area contributed by atoms with Crippen LogP contribution >= 0.6 is 43.5 Å². The second-order valence-corrected chi connectivity index (χ2v) is 5.93. The molecule has 0 fully saturated rings. The Labute approximate surface area is 137 Å². The minimum atomic E-state index is -0.421. The van der Waals surface area contributed by atoms with Crippen LogP contribution in [0, 0.1) is 0 Å². The van der Waals surface area contributed by atoms with Gasteiger partial charge in [0.15, 0.2) is 0 Å². The summed E-state index contributed by atoms with van der Waals surface area (Å²) in [5.41, 5.74) is 3.07. The van der Waals surface area contributed by atoms with Crippen molar-refractivity contribution in [1.29, 1.82) is 0 Å². The summed E-state index contributed by atoms with van der Waals surface area (Å²) in [5, 5.41) is 2.97. The van der Waals surface area contributed by atoms with Crippen molar-refractivity contribution in [3.8, 4) is 0 Å². The Morgan fingerprint density at radius 3 is 2.65 bits per heavy atom. The van der Waals surface area contributed by atoms with Crippen LogP contribution in [0.2, 0.25) is 5.02 Å². The molecule has 0 spiro atoms. The predicted molar refractivity (Wildman–Crippen MR) is 86.9 cm³/mol. The average Bonchev–Trinajstić information content (AvgIpc) is 2.42. The minimum Gasteiger partial charge on any atom is -0.320 e. The molecule has 1 aromatic carbocycles. The number of amides is 1. The van der Waals surface area contributed by atoms with Crippen molar-refractivity contribution in [2.45, 2.75) is 0 Å². The third-order valence-electron chi connectivity index (χ3n) is 2.39. The van der Waals surface area contributed by atoms with Crippen LogP contribution in [-0.2, 0) is 0 Å². The van der Waals surface area contributed by atoms with Crippen molar-refractivity contribution in [3.05, 3.63) is 50.0 Å². The first-order chi connectivity index (χ1) is 9.51. The highest BCUT2D eigenvalue weighted by Crippen LogP contribution is 2.27. The first kappa shape index (κ1) is 15.2. The molecule has 2 aromatic rings. The summed E-state index contributed by atoms with van der Waals surface area (Å²) >= 11 is 12.7. The number of aromatic nitrogens is 1. The van der Waals surface area contributed by atoms with Crippen LogP contribution in [0.3, 0.4) is 0 Å². The van der Waals surface area contributed by atoms with Gasteiger partial charge < -0.3 is 10.7 Å². The first-order valence-electron chi connectivity index (χ1n) is 5.41. The molecule has 0 unspecified atom stereocenters. The fraction of sp³-hybridized carbons (Fsp3) is 0. The lowest BCUT2D eigenvalue weighted by Gasteiger charge is -2.09.